The van der Waals surface area contributed by atoms with Crippen LogP contribution in [0.25, 0.3) is 5.69 Å². The van der Waals surface area contributed by atoms with Crippen LogP contribution in [0.1, 0.15) is 19.0 Å². The van der Waals surface area contributed by atoms with E-state index in [0.29, 0.717) is 5.69 Å². The molecule has 0 spiro atoms. The summed E-state index contributed by atoms with van der Waals surface area (Å²) in [6.45, 7) is 1.72. The standard InChI is InChI=1S/C14H13N3O4/c1-9-7-8-11(12(18)19)17-14(21)15(13(20)16(9)17)10-5-3-2-4-6-10/h2-9,11H,1H3,(H,18,19)/t9-,11-/m0/s1. The van der Waals surface area contributed by atoms with Gasteiger partial charge in [-0.1, -0.05) is 30.4 Å². The van der Waals surface area contributed by atoms with Crippen molar-refractivity contribution in [3.8, 4) is 5.69 Å². The Labute approximate surface area is 119 Å². The first-order valence-corrected chi connectivity index (χ1v) is 6.45. The highest BCUT2D eigenvalue weighted by molar-refractivity contribution is 5.74. The molecule has 2 heterocycles. The highest BCUT2D eigenvalue weighted by Crippen LogP contribution is 2.18. The fourth-order valence-electron chi connectivity index (χ4n) is 2.51. The van der Waals surface area contributed by atoms with Gasteiger partial charge in [0, 0.05) is 0 Å². The highest BCUT2D eigenvalue weighted by atomic mass is 16.4. The van der Waals surface area contributed by atoms with Gasteiger partial charge in [-0.15, -0.1) is 0 Å². The minimum atomic E-state index is -1.18. The summed E-state index contributed by atoms with van der Waals surface area (Å²) in [4.78, 5) is 36.3. The summed E-state index contributed by atoms with van der Waals surface area (Å²) in [5.41, 5.74) is -0.790. The van der Waals surface area contributed by atoms with Crippen molar-refractivity contribution in [1.29, 1.82) is 0 Å². The van der Waals surface area contributed by atoms with E-state index in [-0.39, 0.29) is 6.04 Å². The number of carbonyl (C=O) groups is 1. The third-order valence-corrected chi connectivity index (χ3v) is 3.50. The van der Waals surface area contributed by atoms with E-state index in [1.807, 2.05) is 0 Å². The van der Waals surface area contributed by atoms with Crippen LogP contribution in [-0.2, 0) is 4.79 Å². The minimum Gasteiger partial charge on any atom is -0.479 e. The molecular formula is C14H13N3O4. The predicted octanol–water partition coefficient (Wildman–Crippen LogP) is 0.557. The minimum absolute atomic E-state index is 0.384. The first kappa shape index (κ1) is 13.2. The quantitative estimate of drug-likeness (QED) is 0.818. The van der Waals surface area contributed by atoms with Crippen LogP contribution in [0.5, 0.6) is 0 Å². The first-order valence-electron chi connectivity index (χ1n) is 6.45. The van der Waals surface area contributed by atoms with Crippen LogP contribution < -0.4 is 11.4 Å². The van der Waals surface area contributed by atoms with E-state index in [2.05, 4.69) is 0 Å². The Morgan fingerprint density at radius 2 is 1.67 bits per heavy atom. The third-order valence-electron chi connectivity index (χ3n) is 3.50. The zero-order valence-corrected chi connectivity index (χ0v) is 11.2. The first-order chi connectivity index (χ1) is 10.0. The van der Waals surface area contributed by atoms with Crippen LogP contribution in [0.4, 0.5) is 0 Å². The maximum absolute atomic E-state index is 12.5. The van der Waals surface area contributed by atoms with E-state index < -0.39 is 23.4 Å². The van der Waals surface area contributed by atoms with Crippen molar-refractivity contribution in [3.63, 3.8) is 0 Å². The number of rotatable bonds is 2. The molecule has 0 radical (unpaired) electrons. The number of aliphatic carboxylic acids is 1. The van der Waals surface area contributed by atoms with Crippen LogP contribution >= 0.6 is 0 Å². The molecule has 1 aromatic heterocycles. The van der Waals surface area contributed by atoms with E-state index in [9.17, 15) is 19.5 Å². The van der Waals surface area contributed by atoms with E-state index in [1.54, 1.807) is 43.3 Å². The van der Waals surface area contributed by atoms with Crippen LogP contribution in [0.15, 0.2) is 52.1 Å². The van der Waals surface area contributed by atoms with Gasteiger partial charge in [-0.3, -0.25) is 0 Å². The van der Waals surface area contributed by atoms with Gasteiger partial charge in [-0.25, -0.2) is 28.3 Å². The molecule has 7 nitrogen and oxygen atoms in total. The third kappa shape index (κ3) is 1.85. The van der Waals surface area contributed by atoms with Crippen molar-refractivity contribution in [2.24, 2.45) is 0 Å². The summed E-state index contributed by atoms with van der Waals surface area (Å²) in [7, 11) is 0. The SMILES string of the molecule is C[C@H]1C=C[C@@H](C(=O)O)n2c(=O)n(-c3ccccc3)c(=O)n21. The van der Waals surface area contributed by atoms with Crippen molar-refractivity contribution in [2.75, 3.05) is 0 Å². The molecule has 2 aromatic rings. The number of hydrogen-bond donors (Lipinski definition) is 1. The fraction of sp³-hybridized carbons (Fsp3) is 0.214. The largest absolute Gasteiger partial charge is 0.479 e. The number of allylic oxidation sites excluding steroid dienone is 1. The smallest absolute Gasteiger partial charge is 0.352 e. The molecule has 0 fully saturated rings. The normalized spacial score (nSPS) is 20.2. The molecule has 3 rings (SSSR count). The van der Waals surface area contributed by atoms with Crippen LogP contribution in [0.2, 0.25) is 0 Å². The molecule has 108 valence electrons. The fourth-order valence-corrected chi connectivity index (χ4v) is 2.51. The lowest BCUT2D eigenvalue weighted by Gasteiger charge is -2.21. The molecule has 21 heavy (non-hydrogen) atoms. The number of aromatic nitrogens is 3. The summed E-state index contributed by atoms with van der Waals surface area (Å²) < 4.78 is 3.15. The molecule has 7 heteroatoms. The zero-order valence-electron chi connectivity index (χ0n) is 11.2. The van der Waals surface area contributed by atoms with Gasteiger partial charge in [0.1, 0.15) is 0 Å². The number of benzene rings is 1. The second kappa shape index (κ2) is 4.62. The Hall–Kier alpha value is -2.83. The predicted molar refractivity (Wildman–Crippen MR) is 74.8 cm³/mol. The van der Waals surface area contributed by atoms with Gasteiger partial charge in [0.05, 0.1) is 11.7 Å². The Kier molecular flexibility index (Phi) is 2.90. The zero-order chi connectivity index (χ0) is 15.1. The molecule has 0 unspecified atom stereocenters. The number of fused-ring (bicyclic) bond motifs is 1. The van der Waals surface area contributed by atoms with Gasteiger partial charge in [0.2, 0.25) is 0 Å². The average molecular weight is 287 g/mol. The molecular weight excluding hydrogens is 274 g/mol. The summed E-state index contributed by atoms with van der Waals surface area (Å²) in [6, 6.07) is 6.88. The van der Waals surface area contributed by atoms with E-state index >= 15 is 0 Å². The summed E-state index contributed by atoms with van der Waals surface area (Å²) in [5, 5.41) is 9.23. The Balaban J connectivity index is 2.34. The molecule has 2 atom stereocenters. The van der Waals surface area contributed by atoms with Crippen LogP contribution in [-0.4, -0.2) is 25.0 Å². The van der Waals surface area contributed by atoms with Crippen molar-refractivity contribution < 1.29 is 9.90 Å². The second-order valence-corrected chi connectivity index (χ2v) is 4.83. The lowest BCUT2D eigenvalue weighted by atomic mass is 10.2. The summed E-state index contributed by atoms with van der Waals surface area (Å²) in [6.07, 6.45) is 3.03. The van der Waals surface area contributed by atoms with Gasteiger partial charge in [0.15, 0.2) is 6.04 Å². The molecule has 1 N–H and O–H groups in total. The van der Waals surface area contributed by atoms with Gasteiger partial charge in [-0.2, -0.15) is 0 Å². The van der Waals surface area contributed by atoms with Gasteiger partial charge >= 0.3 is 17.3 Å². The van der Waals surface area contributed by atoms with E-state index in [4.69, 9.17) is 0 Å². The van der Waals surface area contributed by atoms with Crippen molar-refractivity contribution in [3.05, 3.63) is 63.5 Å². The molecule has 1 aliphatic heterocycles. The second-order valence-electron chi connectivity index (χ2n) is 4.83. The number of nitrogens with zero attached hydrogens (tertiary/aromatic N) is 3. The van der Waals surface area contributed by atoms with Crippen molar-refractivity contribution in [1.82, 2.24) is 13.9 Å². The van der Waals surface area contributed by atoms with E-state index in [0.717, 1.165) is 9.25 Å². The number of carboxylic acid groups (broad SMARTS) is 1. The molecule has 0 aliphatic carbocycles. The molecule has 0 bridgehead atoms. The molecule has 1 aromatic carbocycles. The van der Waals surface area contributed by atoms with Gasteiger partial charge in [0.25, 0.3) is 0 Å². The van der Waals surface area contributed by atoms with Gasteiger partial charge < -0.3 is 5.11 Å². The van der Waals surface area contributed by atoms with Crippen LogP contribution in [0.3, 0.4) is 0 Å². The lowest BCUT2D eigenvalue weighted by molar-refractivity contribution is -0.140. The summed E-state index contributed by atoms with van der Waals surface area (Å²) in [5.74, 6) is -1.18. The molecule has 1 aliphatic rings. The molecule has 0 amide bonds. The maximum atomic E-state index is 12.5. The Morgan fingerprint density at radius 1 is 1.05 bits per heavy atom. The van der Waals surface area contributed by atoms with Crippen LogP contribution in [0, 0.1) is 0 Å². The molecule has 0 saturated carbocycles. The number of carboxylic acids is 1. The average Bonchev–Trinajstić information content (AvgIpc) is 2.73. The molecule has 0 saturated heterocycles. The monoisotopic (exact) mass is 287 g/mol. The van der Waals surface area contributed by atoms with Crippen molar-refractivity contribution >= 4 is 5.97 Å². The Morgan fingerprint density at radius 3 is 2.29 bits per heavy atom. The lowest BCUT2D eigenvalue weighted by Crippen LogP contribution is -2.37. The maximum Gasteiger partial charge on any atom is 0.352 e. The van der Waals surface area contributed by atoms with E-state index in [1.165, 1.54) is 10.8 Å². The topological polar surface area (TPSA) is 86.2 Å². The summed E-state index contributed by atoms with van der Waals surface area (Å²) >= 11 is 0. The number of hydrogen-bond acceptors (Lipinski definition) is 3. The van der Waals surface area contributed by atoms with Crippen molar-refractivity contribution in [2.45, 2.75) is 19.0 Å². The van der Waals surface area contributed by atoms with Gasteiger partial charge in [-0.05, 0) is 19.1 Å². The Bertz CT molecular complexity index is 841. The number of para-hydroxylation sites is 1. The highest BCUT2D eigenvalue weighted by Gasteiger charge is 2.31.